The van der Waals surface area contributed by atoms with Crippen LogP contribution in [0.2, 0.25) is 0 Å². The Morgan fingerprint density at radius 2 is 2.26 bits per heavy atom. The van der Waals surface area contributed by atoms with Crippen molar-refractivity contribution < 1.29 is 14.3 Å². The maximum absolute atomic E-state index is 13.3. The highest BCUT2D eigenvalue weighted by molar-refractivity contribution is 5.91. The highest BCUT2D eigenvalue weighted by Crippen LogP contribution is 2.48. The number of amides is 1. The van der Waals surface area contributed by atoms with E-state index in [4.69, 9.17) is 5.11 Å². The highest BCUT2D eigenvalue weighted by atomic mass is 19.1. The summed E-state index contributed by atoms with van der Waals surface area (Å²) in [5, 5.41) is 11.7. The number of aliphatic hydroxyl groups is 1. The summed E-state index contributed by atoms with van der Waals surface area (Å²) in [5.41, 5.74) is 0.231. The lowest BCUT2D eigenvalue weighted by Gasteiger charge is -2.20. The molecule has 1 saturated carbocycles. The van der Waals surface area contributed by atoms with Gasteiger partial charge in [-0.1, -0.05) is 12.1 Å². The van der Waals surface area contributed by atoms with Gasteiger partial charge in [-0.25, -0.2) is 4.39 Å². The first-order valence-electron chi connectivity index (χ1n) is 6.76. The summed E-state index contributed by atoms with van der Waals surface area (Å²) in [4.78, 5) is 12.3. The van der Waals surface area contributed by atoms with Crippen molar-refractivity contribution in [2.24, 2.45) is 0 Å². The van der Waals surface area contributed by atoms with Crippen molar-refractivity contribution in [2.75, 3.05) is 6.61 Å². The second-order valence-electron chi connectivity index (χ2n) is 5.33. The molecule has 0 saturated heterocycles. The van der Waals surface area contributed by atoms with Gasteiger partial charge in [-0.15, -0.1) is 0 Å². The minimum atomic E-state index is -0.532. The van der Waals surface area contributed by atoms with Gasteiger partial charge in [-0.05, 0) is 50.3 Å². The second-order valence-corrected chi connectivity index (χ2v) is 5.33. The predicted molar refractivity (Wildman–Crippen MR) is 71.2 cm³/mol. The van der Waals surface area contributed by atoms with Gasteiger partial charge >= 0.3 is 0 Å². The number of benzene rings is 1. The fourth-order valence-electron chi connectivity index (χ4n) is 2.39. The zero-order chi connectivity index (χ0) is 13.9. The van der Waals surface area contributed by atoms with Gasteiger partial charge < -0.3 is 10.4 Å². The van der Waals surface area contributed by atoms with E-state index in [2.05, 4.69) is 5.32 Å². The summed E-state index contributed by atoms with van der Waals surface area (Å²) in [6.07, 6.45) is 2.97. The van der Waals surface area contributed by atoms with E-state index in [1.807, 2.05) is 13.0 Å². The molecule has 1 aromatic rings. The van der Waals surface area contributed by atoms with E-state index >= 15 is 0 Å². The Bertz CT molecular complexity index is 457. The van der Waals surface area contributed by atoms with E-state index in [0.717, 1.165) is 24.8 Å². The Morgan fingerprint density at radius 3 is 2.84 bits per heavy atom. The number of carbonyl (C=O) groups is 1. The topological polar surface area (TPSA) is 49.3 Å². The summed E-state index contributed by atoms with van der Waals surface area (Å²) >= 11 is 0. The summed E-state index contributed by atoms with van der Waals surface area (Å²) in [5.74, 6) is -0.326. The molecule has 1 amide bonds. The molecule has 19 heavy (non-hydrogen) atoms. The van der Waals surface area contributed by atoms with Gasteiger partial charge in [-0.3, -0.25) is 4.79 Å². The molecule has 1 aliphatic rings. The average Bonchev–Trinajstić information content (AvgIpc) is 3.18. The van der Waals surface area contributed by atoms with Crippen molar-refractivity contribution in [1.82, 2.24) is 5.32 Å². The number of carbonyl (C=O) groups excluding carboxylic acids is 1. The molecule has 0 bridgehead atoms. The van der Waals surface area contributed by atoms with Crippen molar-refractivity contribution in [3.8, 4) is 0 Å². The molecule has 2 N–H and O–H groups in total. The fourth-order valence-corrected chi connectivity index (χ4v) is 2.39. The van der Waals surface area contributed by atoms with E-state index < -0.39 is 5.41 Å². The Morgan fingerprint density at radius 1 is 1.53 bits per heavy atom. The number of nitrogens with one attached hydrogen (secondary N) is 1. The zero-order valence-electron chi connectivity index (χ0n) is 11.2. The number of aliphatic hydroxyl groups excluding tert-OH is 1. The van der Waals surface area contributed by atoms with Crippen molar-refractivity contribution >= 4 is 5.91 Å². The smallest absolute Gasteiger partial charge is 0.230 e. The molecule has 2 rings (SSSR count). The van der Waals surface area contributed by atoms with Gasteiger partial charge in [0, 0.05) is 12.6 Å². The van der Waals surface area contributed by atoms with Gasteiger partial charge in [0.25, 0.3) is 0 Å². The molecular formula is C15H20FNO2. The standard InChI is InChI=1S/C15H20FNO2/c1-11(4-3-9-18)17-14(19)15(7-8-15)12-5-2-6-13(16)10-12/h2,5-6,10-11,18H,3-4,7-9H2,1H3,(H,17,19). The summed E-state index contributed by atoms with van der Waals surface area (Å²) in [7, 11) is 0. The maximum Gasteiger partial charge on any atom is 0.230 e. The zero-order valence-corrected chi connectivity index (χ0v) is 11.2. The minimum Gasteiger partial charge on any atom is -0.396 e. The third-order valence-electron chi connectivity index (χ3n) is 3.73. The van der Waals surface area contributed by atoms with Gasteiger partial charge in [0.1, 0.15) is 5.82 Å². The molecule has 0 heterocycles. The number of hydrogen-bond acceptors (Lipinski definition) is 2. The largest absolute Gasteiger partial charge is 0.396 e. The quantitative estimate of drug-likeness (QED) is 0.828. The van der Waals surface area contributed by atoms with Gasteiger partial charge in [-0.2, -0.15) is 0 Å². The minimum absolute atomic E-state index is 0.0245. The summed E-state index contributed by atoms with van der Waals surface area (Å²) in [6.45, 7) is 2.06. The molecular weight excluding hydrogens is 245 g/mol. The van der Waals surface area contributed by atoms with E-state index in [9.17, 15) is 9.18 Å². The van der Waals surface area contributed by atoms with Gasteiger partial charge in [0.15, 0.2) is 0 Å². The van der Waals surface area contributed by atoms with Crippen LogP contribution < -0.4 is 5.32 Å². The van der Waals surface area contributed by atoms with Crippen LogP contribution in [0.4, 0.5) is 4.39 Å². The lowest BCUT2D eigenvalue weighted by molar-refractivity contribution is -0.124. The number of rotatable bonds is 6. The van der Waals surface area contributed by atoms with Gasteiger partial charge in [0.2, 0.25) is 5.91 Å². The molecule has 0 aromatic heterocycles. The monoisotopic (exact) mass is 265 g/mol. The molecule has 3 nitrogen and oxygen atoms in total. The van der Waals surface area contributed by atoms with Crippen molar-refractivity contribution in [3.05, 3.63) is 35.6 Å². The highest BCUT2D eigenvalue weighted by Gasteiger charge is 2.51. The molecule has 1 unspecified atom stereocenters. The molecule has 0 aliphatic heterocycles. The van der Waals surface area contributed by atoms with Crippen molar-refractivity contribution in [2.45, 2.75) is 44.1 Å². The van der Waals surface area contributed by atoms with E-state index in [1.165, 1.54) is 12.1 Å². The average molecular weight is 265 g/mol. The molecule has 1 aliphatic carbocycles. The summed E-state index contributed by atoms with van der Waals surface area (Å²) < 4.78 is 13.3. The summed E-state index contributed by atoms with van der Waals surface area (Å²) in [6, 6.07) is 6.33. The maximum atomic E-state index is 13.3. The van der Waals surface area contributed by atoms with Crippen molar-refractivity contribution in [1.29, 1.82) is 0 Å². The Hall–Kier alpha value is -1.42. The van der Waals surface area contributed by atoms with Gasteiger partial charge in [0.05, 0.1) is 5.41 Å². The third kappa shape index (κ3) is 3.13. The first-order chi connectivity index (χ1) is 9.08. The van der Waals surface area contributed by atoms with Crippen LogP contribution in [0.25, 0.3) is 0 Å². The van der Waals surface area contributed by atoms with Crippen LogP contribution in [0, 0.1) is 5.82 Å². The van der Waals surface area contributed by atoms with E-state index in [0.29, 0.717) is 6.42 Å². The van der Waals surface area contributed by atoms with Crippen LogP contribution in [0.3, 0.4) is 0 Å². The van der Waals surface area contributed by atoms with E-state index in [-0.39, 0.29) is 24.4 Å². The third-order valence-corrected chi connectivity index (χ3v) is 3.73. The molecule has 0 radical (unpaired) electrons. The lowest BCUT2D eigenvalue weighted by Crippen LogP contribution is -2.40. The first-order valence-corrected chi connectivity index (χ1v) is 6.76. The Kier molecular flexibility index (Phi) is 4.20. The molecule has 1 fully saturated rings. The fraction of sp³-hybridized carbons (Fsp3) is 0.533. The molecule has 104 valence electrons. The molecule has 1 atom stereocenters. The number of hydrogen-bond donors (Lipinski definition) is 2. The molecule has 1 aromatic carbocycles. The Balaban J connectivity index is 2.02. The van der Waals surface area contributed by atoms with Crippen LogP contribution in [-0.4, -0.2) is 23.7 Å². The Labute approximate surface area is 112 Å². The predicted octanol–water partition coefficient (Wildman–Crippen LogP) is 2.13. The van der Waals surface area contributed by atoms with E-state index in [1.54, 1.807) is 6.07 Å². The SMILES string of the molecule is CC(CCCO)NC(=O)C1(c2cccc(F)c2)CC1. The van der Waals surface area contributed by atoms with Crippen LogP contribution in [0.15, 0.2) is 24.3 Å². The lowest BCUT2D eigenvalue weighted by atomic mass is 9.94. The normalized spacial score (nSPS) is 17.8. The van der Waals surface area contributed by atoms with Crippen LogP contribution in [-0.2, 0) is 10.2 Å². The van der Waals surface area contributed by atoms with Crippen molar-refractivity contribution in [3.63, 3.8) is 0 Å². The molecule has 0 spiro atoms. The van der Waals surface area contributed by atoms with Crippen LogP contribution in [0.5, 0.6) is 0 Å². The molecule has 4 heteroatoms. The second kappa shape index (κ2) is 5.70. The van der Waals surface area contributed by atoms with Crippen LogP contribution in [0.1, 0.15) is 38.2 Å². The first kappa shape index (κ1) is 14.0. The number of halogens is 1. The van der Waals surface area contributed by atoms with Crippen LogP contribution >= 0.6 is 0 Å².